The van der Waals surface area contributed by atoms with Crippen LogP contribution >= 0.6 is 0 Å². The monoisotopic (exact) mass is 403 g/mol. The number of pyridine rings is 1. The number of rotatable bonds is 4. The Bertz CT molecular complexity index is 952. The van der Waals surface area contributed by atoms with Gasteiger partial charge < -0.3 is 10.2 Å². The van der Waals surface area contributed by atoms with Gasteiger partial charge in [-0.15, -0.1) is 0 Å². The zero-order chi connectivity index (χ0) is 20.6. The summed E-state index contributed by atoms with van der Waals surface area (Å²) in [6.45, 7) is -0.115. The van der Waals surface area contributed by atoms with Crippen molar-refractivity contribution < 1.29 is 22.8 Å². The molecule has 1 fully saturated rings. The molecule has 2 heterocycles. The fourth-order valence-corrected chi connectivity index (χ4v) is 3.92. The number of hydrogen-bond donors (Lipinski definition) is 1. The minimum absolute atomic E-state index is 0.0783. The molecule has 1 aromatic carbocycles. The van der Waals surface area contributed by atoms with E-state index in [4.69, 9.17) is 0 Å². The lowest BCUT2D eigenvalue weighted by atomic mass is 10.0. The number of hydrogen-bond acceptors (Lipinski definition) is 3. The van der Waals surface area contributed by atoms with Crippen LogP contribution in [-0.2, 0) is 22.2 Å². The SMILES string of the molecule is O=C(CN1C(=O)Cc2ncc(-c3cccc(C(F)(F)F)c3)cc21)NC1CCCC1. The molecule has 8 heteroatoms. The van der Waals surface area contributed by atoms with E-state index in [0.717, 1.165) is 37.8 Å². The van der Waals surface area contributed by atoms with Crippen molar-refractivity contribution in [3.8, 4) is 11.1 Å². The van der Waals surface area contributed by atoms with Gasteiger partial charge in [-0.2, -0.15) is 13.2 Å². The Morgan fingerprint density at radius 2 is 1.93 bits per heavy atom. The number of aromatic nitrogens is 1. The lowest BCUT2D eigenvalue weighted by Gasteiger charge is -2.19. The molecule has 5 nitrogen and oxygen atoms in total. The Balaban J connectivity index is 1.57. The molecule has 0 atom stereocenters. The normalized spacial score (nSPS) is 16.9. The number of nitrogens with one attached hydrogen (secondary N) is 1. The quantitative estimate of drug-likeness (QED) is 0.847. The topological polar surface area (TPSA) is 62.3 Å². The fraction of sp³-hybridized carbons (Fsp3) is 0.381. The number of alkyl halides is 3. The van der Waals surface area contributed by atoms with Crippen LogP contribution in [0.1, 0.15) is 36.9 Å². The molecule has 2 amide bonds. The molecule has 1 saturated carbocycles. The van der Waals surface area contributed by atoms with Gasteiger partial charge in [0.15, 0.2) is 0 Å². The van der Waals surface area contributed by atoms with Crippen LogP contribution in [-0.4, -0.2) is 29.4 Å². The summed E-state index contributed by atoms with van der Waals surface area (Å²) in [5.41, 5.74) is 1.07. The maximum Gasteiger partial charge on any atom is 0.416 e. The maximum atomic E-state index is 13.0. The Hall–Kier alpha value is -2.90. The van der Waals surface area contributed by atoms with E-state index in [0.29, 0.717) is 22.5 Å². The smallest absolute Gasteiger partial charge is 0.352 e. The predicted octanol–water partition coefficient (Wildman–Crippen LogP) is 3.72. The summed E-state index contributed by atoms with van der Waals surface area (Å²) in [7, 11) is 0. The molecule has 0 spiro atoms. The number of fused-ring (bicyclic) bond motifs is 1. The van der Waals surface area contributed by atoms with Crippen molar-refractivity contribution in [2.24, 2.45) is 0 Å². The van der Waals surface area contributed by atoms with Gasteiger partial charge in [-0.3, -0.25) is 14.6 Å². The summed E-state index contributed by atoms with van der Waals surface area (Å²) in [6, 6.07) is 6.74. The molecule has 152 valence electrons. The van der Waals surface area contributed by atoms with Crippen LogP contribution in [0.3, 0.4) is 0 Å². The average Bonchev–Trinajstić information content (AvgIpc) is 3.29. The standard InChI is InChI=1S/C21H20F3N3O2/c22-21(23,24)15-5-3-4-13(8-15)14-9-18-17(25-11-14)10-20(29)27(18)12-19(28)26-16-6-1-2-7-16/h3-5,8-9,11,16H,1-2,6-7,10,12H2,(H,26,28). The Labute approximate surface area is 165 Å². The number of carbonyl (C=O) groups is 2. The Morgan fingerprint density at radius 3 is 2.66 bits per heavy atom. The summed E-state index contributed by atoms with van der Waals surface area (Å²) in [5, 5.41) is 2.95. The van der Waals surface area contributed by atoms with E-state index in [1.165, 1.54) is 17.2 Å². The first-order valence-corrected chi connectivity index (χ1v) is 9.57. The van der Waals surface area contributed by atoms with Gasteiger partial charge in [0.1, 0.15) is 6.54 Å². The molecule has 1 aliphatic heterocycles. The molecule has 2 aromatic rings. The van der Waals surface area contributed by atoms with Gasteiger partial charge in [0.25, 0.3) is 0 Å². The van der Waals surface area contributed by atoms with Crippen molar-refractivity contribution in [3.05, 3.63) is 47.8 Å². The van der Waals surface area contributed by atoms with Crippen LogP contribution in [0.5, 0.6) is 0 Å². The molecule has 29 heavy (non-hydrogen) atoms. The van der Waals surface area contributed by atoms with Crippen LogP contribution in [0.25, 0.3) is 11.1 Å². The zero-order valence-electron chi connectivity index (χ0n) is 15.6. The van der Waals surface area contributed by atoms with E-state index >= 15 is 0 Å². The van der Waals surface area contributed by atoms with Crippen molar-refractivity contribution in [1.82, 2.24) is 10.3 Å². The second-order valence-electron chi connectivity index (χ2n) is 7.47. The predicted molar refractivity (Wildman–Crippen MR) is 101 cm³/mol. The molecule has 2 aliphatic rings. The number of nitrogens with zero attached hydrogens (tertiary/aromatic N) is 2. The first-order valence-electron chi connectivity index (χ1n) is 9.57. The van der Waals surface area contributed by atoms with Crippen molar-refractivity contribution in [2.45, 2.75) is 44.3 Å². The summed E-state index contributed by atoms with van der Waals surface area (Å²) in [6.07, 6.45) is 1.15. The highest BCUT2D eigenvalue weighted by molar-refractivity contribution is 6.05. The van der Waals surface area contributed by atoms with Gasteiger partial charge in [0.2, 0.25) is 11.8 Å². The van der Waals surface area contributed by atoms with E-state index in [1.807, 2.05) is 0 Å². The second kappa shape index (κ2) is 7.50. The van der Waals surface area contributed by atoms with Gasteiger partial charge >= 0.3 is 6.18 Å². The Kier molecular flexibility index (Phi) is 5.02. The third-order valence-electron chi connectivity index (χ3n) is 5.40. The highest BCUT2D eigenvalue weighted by Gasteiger charge is 2.32. The Morgan fingerprint density at radius 1 is 1.17 bits per heavy atom. The van der Waals surface area contributed by atoms with Gasteiger partial charge in [0.05, 0.1) is 23.4 Å². The first-order chi connectivity index (χ1) is 13.8. The largest absolute Gasteiger partial charge is 0.416 e. The number of amides is 2. The van der Waals surface area contributed by atoms with Gasteiger partial charge in [-0.1, -0.05) is 25.0 Å². The van der Waals surface area contributed by atoms with Crippen molar-refractivity contribution in [3.63, 3.8) is 0 Å². The van der Waals surface area contributed by atoms with Crippen molar-refractivity contribution >= 4 is 17.5 Å². The maximum absolute atomic E-state index is 13.0. The van der Waals surface area contributed by atoms with Gasteiger partial charge in [-0.05, 0) is 36.6 Å². The van der Waals surface area contributed by atoms with Crippen LogP contribution < -0.4 is 10.2 Å². The van der Waals surface area contributed by atoms with E-state index in [2.05, 4.69) is 10.3 Å². The molecule has 1 N–H and O–H groups in total. The van der Waals surface area contributed by atoms with Crippen molar-refractivity contribution in [2.75, 3.05) is 11.4 Å². The fourth-order valence-electron chi connectivity index (χ4n) is 3.92. The number of anilines is 1. The molecule has 0 unspecified atom stereocenters. The summed E-state index contributed by atoms with van der Waals surface area (Å²) < 4.78 is 39.0. The van der Waals surface area contributed by atoms with Crippen LogP contribution in [0, 0.1) is 0 Å². The zero-order valence-corrected chi connectivity index (χ0v) is 15.6. The van der Waals surface area contributed by atoms with Crippen molar-refractivity contribution in [1.29, 1.82) is 0 Å². The second-order valence-corrected chi connectivity index (χ2v) is 7.47. The molecule has 1 aromatic heterocycles. The molecule has 4 rings (SSSR count). The van der Waals surface area contributed by atoms with Crippen LogP contribution in [0.4, 0.5) is 18.9 Å². The lowest BCUT2D eigenvalue weighted by molar-refractivity contribution is -0.137. The number of carbonyl (C=O) groups excluding carboxylic acids is 2. The number of benzene rings is 1. The van der Waals surface area contributed by atoms with E-state index in [9.17, 15) is 22.8 Å². The average molecular weight is 403 g/mol. The third-order valence-corrected chi connectivity index (χ3v) is 5.40. The molecular weight excluding hydrogens is 383 g/mol. The highest BCUT2D eigenvalue weighted by atomic mass is 19.4. The first kappa shape index (κ1) is 19.4. The minimum Gasteiger partial charge on any atom is -0.352 e. The van der Waals surface area contributed by atoms with E-state index in [-0.39, 0.29) is 30.8 Å². The molecule has 0 bridgehead atoms. The van der Waals surface area contributed by atoms with Gasteiger partial charge in [-0.25, -0.2) is 0 Å². The van der Waals surface area contributed by atoms with E-state index < -0.39 is 11.7 Å². The van der Waals surface area contributed by atoms with Crippen LogP contribution in [0.15, 0.2) is 36.5 Å². The highest BCUT2D eigenvalue weighted by Crippen LogP contribution is 2.35. The summed E-state index contributed by atoms with van der Waals surface area (Å²) in [4.78, 5) is 30.4. The minimum atomic E-state index is -4.44. The summed E-state index contributed by atoms with van der Waals surface area (Å²) in [5.74, 6) is -0.474. The lowest BCUT2D eigenvalue weighted by Crippen LogP contribution is -2.42. The summed E-state index contributed by atoms with van der Waals surface area (Å²) >= 11 is 0. The van der Waals surface area contributed by atoms with Gasteiger partial charge in [0, 0.05) is 17.8 Å². The molecular formula is C21H20F3N3O2. The number of halogens is 3. The third kappa shape index (κ3) is 4.11. The molecule has 0 radical (unpaired) electrons. The van der Waals surface area contributed by atoms with E-state index in [1.54, 1.807) is 12.1 Å². The molecule has 1 aliphatic carbocycles. The molecule has 0 saturated heterocycles. The van der Waals surface area contributed by atoms with Crippen LogP contribution in [0.2, 0.25) is 0 Å².